The molecule has 34 heavy (non-hydrogen) atoms. The second kappa shape index (κ2) is 9.79. The summed E-state index contributed by atoms with van der Waals surface area (Å²) < 4.78 is 10.5. The summed E-state index contributed by atoms with van der Waals surface area (Å²) in [7, 11) is 3.64. The van der Waals surface area contributed by atoms with Gasteiger partial charge < -0.3 is 14.8 Å². The van der Waals surface area contributed by atoms with E-state index in [-0.39, 0.29) is 23.8 Å². The number of benzene rings is 2. The molecule has 4 rings (SSSR count). The zero-order valence-electron chi connectivity index (χ0n) is 20.8. The van der Waals surface area contributed by atoms with Crippen LogP contribution in [0.3, 0.4) is 0 Å². The summed E-state index contributed by atoms with van der Waals surface area (Å²) >= 11 is 0. The van der Waals surface area contributed by atoms with Crippen LogP contribution in [0.15, 0.2) is 48.5 Å². The van der Waals surface area contributed by atoms with E-state index in [0.717, 1.165) is 36.0 Å². The smallest absolute Gasteiger partial charge is 0.407 e. The molecule has 1 N–H and O–H groups in total. The number of methoxy groups -OCH3 is 1. The van der Waals surface area contributed by atoms with Crippen LogP contribution in [0.1, 0.15) is 57.1 Å². The molecule has 0 radical (unpaired) electrons. The number of piperidine rings is 1. The van der Waals surface area contributed by atoms with Crippen LogP contribution in [0.5, 0.6) is 0 Å². The summed E-state index contributed by atoms with van der Waals surface area (Å²) in [6.45, 7) is 5.95. The highest BCUT2D eigenvalue weighted by Crippen LogP contribution is 2.46. The summed E-state index contributed by atoms with van der Waals surface area (Å²) in [5.74, 6) is -0.0436. The topological polar surface area (TPSA) is 67.9 Å². The van der Waals surface area contributed by atoms with Crippen molar-refractivity contribution in [1.29, 1.82) is 0 Å². The average Bonchev–Trinajstić information content (AvgIpc) is 3.03. The Morgan fingerprint density at radius 3 is 2.47 bits per heavy atom. The number of amides is 1. The lowest BCUT2D eigenvalue weighted by molar-refractivity contribution is -0.150. The molecule has 2 aromatic carbocycles. The molecule has 0 aromatic heterocycles. The second-order valence-corrected chi connectivity index (χ2v) is 10.5. The van der Waals surface area contributed by atoms with Gasteiger partial charge in [-0.2, -0.15) is 0 Å². The van der Waals surface area contributed by atoms with Crippen LogP contribution in [0.2, 0.25) is 0 Å². The van der Waals surface area contributed by atoms with Gasteiger partial charge in [-0.3, -0.25) is 9.69 Å². The minimum atomic E-state index is -0.520. The van der Waals surface area contributed by atoms with E-state index in [1.54, 1.807) is 0 Å². The number of hydrogen-bond donors (Lipinski definition) is 1. The zero-order valence-corrected chi connectivity index (χ0v) is 20.8. The van der Waals surface area contributed by atoms with E-state index in [1.807, 2.05) is 32.9 Å². The van der Waals surface area contributed by atoms with Gasteiger partial charge >= 0.3 is 12.1 Å². The van der Waals surface area contributed by atoms with Crippen LogP contribution < -0.4 is 5.32 Å². The summed E-state index contributed by atoms with van der Waals surface area (Å²) in [5.41, 5.74) is 3.88. The lowest BCUT2D eigenvalue weighted by Gasteiger charge is -2.41. The molecule has 2 aromatic rings. The van der Waals surface area contributed by atoms with Crippen molar-refractivity contribution >= 4 is 12.1 Å². The van der Waals surface area contributed by atoms with Crippen molar-refractivity contribution in [3.05, 3.63) is 59.7 Å². The first-order chi connectivity index (χ1) is 16.2. The third-order valence-corrected chi connectivity index (χ3v) is 7.18. The third-order valence-electron chi connectivity index (χ3n) is 7.18. The van der Waals surface area contributed by atoms with Crippen LogP contribution in [0, 0.1) is 5.92 Å². The largest absolute Gasteiger partial charge is 0.469 e. The van der Waals surface area contributed by atoms with Gasteiger partial charge in [0, 0.05) is 24.5 Å². The number of nitrogens with zero attached hydrogens (tertiary/aromatic N) is 1. The summed E-state index contributed by atoms with van der Waals surface area (Å²) in [4.78, 5) is 27.1. The summed E-state index contributed by atoms with van der Waals surface area (Å²) in [5, 5.41) is 2.82. The fourth-order valence-corrected chi connectivity index (χ4v) is 5.54. The van der Waals surface area contributed by atoms with Crippen molar-refractivity contribution < 1.29 is 19.1 Å². The number of nitrogens with one attached hydrogen (secondary N) is 1. The Labute approximate surface area is 202 Å². The van der Waals surface area contributed by atoms with Crippen LogP contribution in [-0.4, -0.2) is 48.8 Å². The highest BCUT2D eigenvalue weighted by molar-refractivity contribution is 5.75. The molecular weight excluding hydrogens is 428 g/mol. The monoisotopic (exact) mass is 464 g/mol. The molecule has 2 fully saturated rings. The Kier molecular flexibility index (Phi) is 6.99. The Hall–Kier alpha value is -2.86. The predicted molar refractivity (Wildman–Crippen MR) is 132 cm³/mol. The fraction of sp³-hybridized carbons (Fsp3) is 0.500. The minimum Gasteiger partial charge on any atom is -0.469 e. The first-order valence-corrected chi connectivity index (χ1v) is 12.1. The van der Waals surface area contributed by atoms with Gasteiger partial charge in [0.05, 0.1) is 13.0 Å². The molecule has 2 aliphatic heterocycles. The van der Waals surface area contributed by atoms with Gasteiger partial charge in [0.1, 0.15) is 5.60 Å². The fourth-order valence-electron chi connectivity index (χ4n) is 5.54. The van der Waals surface area contributed by atoms with E-state index in [1.165, 1.54) is 12.7 Å². The van der Waals surface area contributed by atoms with Gasteiger partial charge in [-0.05, 0) is 75.4 Å². The van der Waals surface area contributed by atoms with E-state index < -0.39 is 11.7 Å². The van der Waals surface area contributed by atoms with Gasteiger partial charge in [-0.25, -0.2) is 4.79 Å². The molecule has 2 saturated heterocycles. The van der Waals surface area contributed by atoms with Crippen LogP contribution in [0.25, 0.3) is 11.1 Å². The quantitative estimate of drug-likeness (QED) is 0.622. The first-order valence-electron chi connectivity index (χ1n) is 12.1. The maximum absolute atomic E-state index is 12.7. The lowest BCUT2D eigenvalue weighted by Crippen LogP contribution is -2.49. The Balaban J connectivity index is 1.48. The van der Waals surface area contributed by atoms with E-state index in [9.17, 15) is 9.59 Å². The van der Waals surface area contributed by atoms with Gasteiger partial charge in [0.2, 0.25) is 0 Å². The van der Waals surface area contributed by atoms with Gasteiger partial charge in [0.25, 0.3) is 0 Å². The first kappa shape index (κ1) is 24.3. The molecule has 1 amide bonds. The molecule has 182 valence electrons. The van der Waals surface area contributed by atoms with E-state index in [2.05, 4.69) is 53.7 Å². The van der Waals surface area contributed by atoms with E-state index >= 15 is 0 Å². The molecular formula is C28H36N2O4. The van der Waals surface area contributed by atoms with Crippen LogP contribution in [-0.2, 0) is 20.8 Å². The standard InChI is InChI=1S/C28H36N2O4/c1-28(2,3)34-27(32)29-17-18-7-6-8-21(15-18)19-9-11-20(12-10-19)23-16-22-13-14-24(30(22)4)25(23)26(31)33-5/h6-12,15,22-25H,13-14,16-17H2,1-5H3,(H,29,32)/t22-,23+,24+,25-/m0/s1. The molecule has 2 heterocycles. The second-order valence-electron chi connectivity index (χ2n) is 10.5. The number of rotatable bonds is 5. The van der Waals surface area contributed by atoms with Crippen molar-refractivity contribution in [2.75, 3.05) is 14.2 Å². The van der Waals surface area contributed by atoms with Crippen LogP contribution in [0.4, 0.5) is 4.79 Å². The SMILES string of the molecule is COC(=O)[C@H]1[C@@H](c2ccc(-c3cccc(CNC(=O)OC(C)(C)C)c3)cc2)C[C@@H]2CC[C@H]1N2C. The number of hydrogen-bond acceptors (Lipinski definition) is 5. The van der Waals surface area contributed by atoms with Gasteiger partial charge in [-0.15, -0.1) is 0 Å². The normalized spacial score (nSPS) is 24.5. The number of carbonyl (C=O) groups excluding carboxylic acids is 2. The van der Waals surface area contributed by atoms with Gasteiger partial charge in [-0.1, -0.05) is 42.5 Å². The van der Waals surface area contributed by atoms with Crippen molar-refractivity contribution in [3.63, 3.8) is 0 Å². The molecule has 0 saturated carbocycles. The average molecular weight is 465 g/mol. The van der Waals surface area contributed by atoms with Crippen molar-refractivity contribution in [1.82, 2.24) is 10.2 Å². The number of carbonyl (C=O) groups is 2. The Morgan fingerprint density at radius 2 is 1.79 bits per heavy atom. The minimum absolute atomic E-state index is 0.100. The molecule has 6 heteroatoms. The molecule has 0 aliphatic carbocycles. The van der Waals surface area contributed by atoms with Crippen molar-refractivity contribution in [2.24, 2.45) is 5.92 Å². The summed E-state index contributed by atoms with van der Waals surface area (Å²) in [6, 6.07) is 17.5. The van der Waals surface area contributed by atoms with E-state index in [0.29, 0.717) is 12.6 Å². The van der Waals surface area contributed by atoms with E-state index in [4.69, 9.17) is 9.47 Å². The maximum Gasteiger partial charge on any atom is 0.407 e. The van der Waals surface area contributed by atoms with Crippen molar-refractivity contribution in [3.8, 4) is 11.1 Å². The van der Waals surface area contributed by atoms with Crippen LogP contribution >= 0.6 is 0 Å². The molecule has 2 aliphatic rings. The number of fused-ring (bicyclic) bond motifs is 2. The highest BCUT2D eigenvalue weighted by atomic mass is 16.6. The predicted octanol–water partition coefficient (Wildman–Crippen LogP) is 5.12. The van der Waals surface area contributed by atoms with Gasteiger partial charge in [0.15, 0.2) is 0 Å². The third kappa shape index (κ3) is 5.27. The highest BCUT2D eigenvalue weighted by Gasteiger charge is 2.49. The zero-order chi connectivity index (χ0) is 24.5. The lowest BCUT2D eigenvalue weighted by atomic mass is 9.76. The molecule has 6 nitrogen and oxygen atoms in total. The Morgan fingerprint density at radius 1 is 1.06 bits per heavy atom. The number of alkyl carbamates (subject to hydrolysis) is 1. The molecule has 0 unspecified atom stereocenters. The maximum atomic E-state index is 12.7. The molecule has 0 spiro atoms. The molecule has 4 atom stereocenters. The summed E-state index contributed by atoms with van der Waals surface area (Å²) in [6.07, 6.45) is 2.76. The number of esters is 1. The number of ether oxygens (including phenoxy) is 2. The van der Waals surface area contributed by atoms with Crippen molar-refractivity contribution in [2.45, 2.75) is 70.2 Å². The Bertz CT molecular complexity index is 1030. The molecule has 2 bridgehead atoms.